The summed E-state index contributed by atoms with van der Waals surface area (Å²) in [5, 5.41) is 0. The van der Waals surface area contributed by atoms with Gasteiger partial charge in [-0.25, -0.2) is 0 Å². The number of rotatable bonds is 4. The second-order valence-corrected chi connectivity index (χ2v) is 6.39. The summed E-state index contributed by atoms with van der Waals surface area (Å²) in [6.45, 7) is 9.43. The molecule has 0 aliphatic heterocycles. The number of carbonyl (C=O) groups excluding carboxylic acids is 2. The molecule has 1 rings (SSSR count). The Hall–Kier alpha value is -1.84. The first-order valence-electron chi connectivity index (χ1n) is 7.15. The van der Waals surface area contributed by atoms with Crippen LogP contribution in [-0.2, 0) is 14.3 Å². The van der Waals surface area contributed by atoms with E-state index >= 15 is 0 Å². The summed E-state index contributed by atoms with van der Waals surface area (Å²) in [7, 11) is 1.73. The Balaban J connectivity index is 2.61. The first-order valence-corrected chi connectivity index (χ1v) is 7.15. The van der Waals surface area contributed by atoms with Crippen molar-refractivity contribution < 1.29 is 14.3 Å². The SMILES string of the molecule is Cc1cc(C)cc(N(C)C(=O)CCC(=O)OC(C)(C)C)c1. The highest BCUT2D eigenvalue weighted by Gasteiger charge is 2.18. The van der Waals surface area contributed by atoms with Crippen molar-refractivity contribution in [3.63, 3.8) is 0 Å². The first-order chi connectivity index (χ1) is 9.58. The van der Waals surface area contributed by atoms with Crippen LogP contribution in [0.2, 0.25) is 0 Å². The third-order valence-corrected chi connectivity index (χ3v) is 2.93. The molecule has 0 aliphatic carbocycles. The van der Waals surface area contributed by atoms with Gasteiger partial charge in [0, 0.05) is 19.2 Å². The van der Waals surface area contributed by atoms with E-state index in [1.807, 2.05) is 46.8 Å². The van der Waals surface area contributed by atoms with Crippen molar-refractivity contribution in [1.29, 1.82) is 0 Å². The molecule has 0 bridgehead atoms. The lowest BCUT2D eigenvalue weighted by Crippen LogP contribution is -2.28. The van der Waals surface area contributed by atoms with Crippen LogP contribution in [0.25, 0.3) is 0 Å². The molecule has 21 heavy (non-hydrogen) atoms. The van der Waals surface area contributed by atoms with Crippen molar-refractivity contribution in [3.8, 4) is 0 Å². The largest absolute Gasteiger partial charge is 0.460 e. The zero-order valence-corrected chi connectivity index (χ0v) is 13.8. The Kier molecular flexibility index (Phi) is 5.53. The van der Waals surface area contributed by atoms with E-state index in [0.717, 1.165) is 16.8 Å². The Morgan fingerprint density at radius 3 is 2.05 bits per heavy atom. The van der Waals surface area contributed by atoms with Gasteiger partial charge in [0.25, 0.3) is 0 Å². The number of carbonyl (C=O) groups is 2. The maximum atomic E-state index is 12.2. The molecular formula is C17H25NO3. The molecule has 0 N–H and O–H groups in total. The molecule has 116 valence electrons. The zero-order chi connectivity index (χ0) is 16.2. The lowest BCUT2D eigenvalue weighted by molar-refractivity contribution is -0.155. The van der Waals surface area contributed by atoms with Crippen LogP contribution in [0.3, 0.4) is 0 Å². The summed E-state index contributed by atoms with van der Waals surface area (Å²) in [5.41, 5.74) is 2.55. The fraction of sp³-hybridized carbons (Fsp3) is 0.529. The van der Waals surface area contributed by atoms with Crippen molar-refractivity contribution in [2.45, 2.75) is 53.1 Å². The maximum absolute atomic E-state index is 12.2. The highest BCUT2D eigenvalue weighted by Crippen LogP contribution is 2.19. The van der Waals surface area contributed by atoms with E-state index in [4.69, 9.17) is 4.74 Å². The number of hydrogen-bond acceptors (Lipinski definition) is 3. The lowest BCUT2D eigenvalue weighted by Gasteiger charge is -2.21. The molecule has 0 aliphatic rings. The molecular weight excluding hydrogens is 266 g/mol. The lowest BCUT2D eigenvalue weighted by atomic mass is 10.1. The maximum Gasteiger partial charge on any atom is 0.306 e. The summed E-state index contributed by atoms with van der Waals surface area (Å²) in [6.07, 6.45) is 0.254. The molecule has 0 unspecified atom stereocenters. The molecule has 0 saturated carbocycles. The number of benzene rings is 1. The summed E-state index contributed by atoms with van der Waals surface area (Å²) in [4.78, 5) is 25.4. The van der Waals surface area contributed by atoms with E-state index < -0.39 is 5.60 Å². The van der Waals surface area contributed by atoms with E-state index in [-0.39, 0.29) is 24.7 Å². The van der Waals surface area contributed by atoms with Gasteiger partial charge >= 0.3 is 5.97 Å². The van der Waals surface area contributed by atoms with Crippen molar-refractivity contribution in [3.05, 3.63) is 29.3 Å². The summed E-state index contributed by atoms with van der Waals surface area (Å²) >= 11 is 0. The number of esters is 1. The number of hydrogen-bond donors (Lipinski definition) is 0. The number of anilines is 1. The van der Waals surface area contributed by atoms with Gasteiger partial charge in [-0.1, -0.05) is 6.07 Å². The second kappa shape index (κ2) is 6.74. The molecule has 4 nitrogen and oxygen atoms in total. The highest BCUT2D eigenvalue weighted by molar-refractivity contribution is 5.94. The van der Waals surface area contributed by atoms with Crippen molar-refractivity contribution in [1.82, 2.24) is 0 Å². The van der Waals surface area contributed by atoms with Crippen LogP contribution >= 0.6 is 0 Å². The monoisotopic (exact) mass is 291 g/mol. The molecule has 0 radical (unpaired) electrons. The van der Waals surface area contributed by atoms with Crippen LogP contribution in [0.15, 0.2) is 18.2 Å². The average Bonchev–Trinajstić information content (AvgIpc) is 2.31. The van der Waals surface area contributed by atoms with Crippen molar-refractivity contribution in [2.75, 3.05) is 11.9 Å². The fourth-order valence-corrected chi connectivity index (χ4v) is 2.06. The minimum atomic E-state index is -0.514. The number of amides is 1. The molecule has 1 aromatic rings. The summed E-state index contributed by atoms with van der Waals surface area (Å²) in [6, 6.07) is 5.97. The van der Waals surface area contributed by atoms with Gasteiger partial charge < -0.3 is 9.64 Å². The molecule has 0 spiro atoms. The molecule has 0 atom stereocenters. The smallest absolute Gasteiger partial charge is 0.306 e. The van der Waals surface area contributed by atoms with Crippen LogP contribution in [-0.4, -0.2) is 24.5 Å². The molecule has 4 heteroatoms. The third-order valence-electron chi connectivity index (χ3n) is 2.93. The fourth-order valence-electron chi connectivity index (χ4n) is 2.06. The van der Waals surface area contributed by atoms with Crippen LogP contribution in [0.4, 0.5) is 5.69 Å². The van der Waals surface area contributed by atoms with Crippen LogP contribution in [0.5, 0.6) is 0 Å². The van der Waals surface area contributed by atoms with E-state index in [1.165, 1.54) is 0 Å². The first kappa shape index (κ1) is 17.2. The molecule has 0 aromatic heterocycles. The van der Waals surface area contributed by atoms with E-state index in [1.54, 1.807) is 11.9 Å². The van der Waals surface area contributed by atoms with Gasteiger partial charge in [-0.05, 0) is 57.9 Å². The minimum Gasteiger partial charge on any atom is -0.460 e. The second-order valence-electron chi connectivity index (χ2n) is 6.39. The summed E-state index contributed by atoms with van der Waals surface area (Å²) < 4.78 is 5.20. The van der Waals surface area contributed by atoms with E-state index in [2.05, 4.69) is 6.07 Å². The van der Waals surface area contributed by atoms with Crippen LogP contribution in [0.1, 0.15) is 44.7 Å². The topological polar surface area (TPSA) is 46.6 Å². The minimum absolute atomic E-state index is 0.0918. The number of ether oxygens (including phenoxy) is 1. The summed E-state index contributed by atoms with van der Waals surface area (Å²) in [5.74, 6) is -0.435. The average molecular weight is 291 g/mol. The quantitative estimate of drug-likeness (QED) is 0.799. The molecule has 0 saturated heterocycles. The molecule has 0 fully saturated rings. The van der Waals surface area contributed by atoms with Gasteiger partial charge in [0.1, 0.15) is 5.60 Å². The molecule has 1 amide bonds. The standard InChI is InChI=1S/C17H25NO3/c1-12-9-13(2)11-14(10-12)18(6)15(19)7-8-16(20)21-17(3,4)5/h9-11H,7-8H2,1-6H3. The van der Waals surface area contributed by atoms with Gasteiger partial charge in [-0.15, -0.1) is 0 Å². The number of aryl methyl sites for hydroxylation is 2. The predicted molar refractivity (Wildman–Crippen MR) is 84.4 cm³/mol. The number of nitrogens with zero attached hydrogens (tertiary/aromatic N) is 1. The van der Waals surface area contributed by atoms with Crippen molar-refractivity contribution in [2.24, 2.45) is 0 Å². The van der Waals surface area contributed by atoms with Crippen LogP contribution < -0.4 is 4.90 Å². The van der Waals surface area contributed by atoms with Gasteiger partial charge in [0.05, 0.1) is 6.42 Å². The molecule has 0 heterocycles. The van der Waals surface area contributed by atoms with Crippen molar-refractivity contribution >= 4 is 17.6 Å². The Bertz CT molecular complexity index is 509. The van der Waals surface area contributed by atoms with Gasteiger partial charge in [0.2, 0.25) is 5.91 Å². The van der Waals surface area contributed by atoms with Gasteiger partial charge in [0.15, 0.2) is 0 Å². The molecule has 1 aromatic carbocycles. The third kappa shape index (κ3) is 5.98. The van der Waals surface area contributed by atoms with E-state index in [9.17, 15) is 9.59 Å². The van der Waals surface area contributed by atoms with Gasteiger partial charge in [-0.3, -0.25) is 9.59 Å². The van der Waals surface area contributed by atoms with Gasteiger partial charge in [-0.2, -0.15) is 0 Å². The highest BCUT2D eigenvalue weighted by atomic mass is 16.6. The Morgan fingerprint density at radius 1 is 1.05 bits per heavy atom. The predicted octanol–water partition coefficient (Wildman–Crippen LogP) is 3.39. The Labute approximate surface area is 127 Å². The normalized spacial score (nSPS) is 11.1. The van der Waals surface area contributed by atoms with Crippen LogP contribution in [0, 0.1) is 13.8 Å². The van der Waals surface area contributed by atoms with E-state index in [0.29, 0.717) is 0 Å². The Morgan fingerprint density at radius 2 is 1.57 bits per heavy atom. The zero-order valence-electron chi connectivity index (χ0n) is 13.8.